The van der Waals surface area contributed by atoms with Gasteiger partial charge in [0, 0.05) is 17.5 Å². The lowest BCUT2D eigenvalue weighted by Gasteiger charge is -2.22. The molecular formula is C18H17ClN4O2. The highest BCUT2D eigenvalue weighted by atomic mass is 35.5. The third kappa shape index (κ3) is 3.85. The molecule has 0 bridgehead atoms. The molecular weight excluding hydrogens is 340 g/mol. The number of amides is 1. The van der Waals surface area contributed by atoms with Gasteiger partial charge in [0.1, 0.15) is 5.69 Å². The summed E-state index contributed by atoms with van der Waals surface area (Å²) in [6, 6.07) is 12.6. The number of rotatable bonds is 4. The summed E-state index contributed by atoms with van der Waals surface area (Å²) in [6.45, 7) is 5.30. The van der Waals surface area contributed by atoms with Crippen LogP contribution < -0.4 is 5.32 Å². The third-order valence-electron chi connectivity index (χ3n) is 3.61. The Balaban J connectivity index is 1.84. The minimum Gasteiger partial charge on any atom is -0.340 e. The van der Waals surface area contributed by atoms with Gasteiger partial charge in [-0.3, -0.25) is 4.79 Å². The number of aromatic nitrogens is 3. The molecule has 0 spiro atoms. The summed E-state index contributed by atoms with van der Waals surface area (Å²) in [4.78, 5) is 21.2. The van der Waals surface area contributed by atoms with Crippen molar-refractivity contribution in [1.82, 2.24) is 20.4 Å². The van der Waals surface area contributed by atoms with Gasteiger partial charge in [-0.25, -0.2) is 4.98 Å². The van der Waals surface area contributed by atoms with Crippen molar-refractivity contribution in [1.29, 1.82) is 0 Å². The Morgan fingerprint density at radius 3 is 2.60 bits per heavy atom. The molecule has 0 unspecified atom stereocenters. The summed E-state index contributed by atoms with van der Waals surface area (Å²) >= 11 is 6.02. The average molecular weight is 357 g/mol. The lowest BCUT2D eigenvalue weighted by Crippen LogP contribution is -2.42. The fourth-order valence-corrected chi connectivity index (χ4v) is 2.52. The molecule has 0 fully saturated rings. The number of aryl methyl sites for hydroxylation is 1. The maximum Gasteiger partial charge on any atom is 0.270 e. The zero-order valence-corrected chi connectivity index (χ0v) is 14.8. The van der Waals surface area contributed by atoms with Gasteiger partial charge in [-0.15, -0.1) is 0 Å². The van der Waals surface area contributed by atoms with Gasteiger partial charge in [-0.1, -0.05) is 35.0 Å². The van der Waals surface area contributed by atoms with E-state index in [1.807, 2.05) is 18.2 Å². The molecule has 0 atom stereocenters. The van der Waals surface area contributed by atoms with Crippen LogP contribution in [0.3, 0.4) is 0 Å². The van der Waals surface area contributed by atoms with E-state index < -0.39 is 5.54 Å². The first-order valence-corrected chi connectivity index (χ1v) is 8.09. The summed E-state index contributed by atoms with van der Waals surface area (Å²) in [5.41, 5.74) is 1.02. The summed E-state index contributed by atoms with van der Waals surface area (Å²) in [7, 11) is 0. The SMILES string of the molecule is Cc1nc(C(C)(C)NC(=O)c2cccc(-c3cccc(Cl)c3)n2)no1. The van der Waals surface area contributed by atoms with E-state index >= 15 is 0 Å². The number of carbonyl (C=O) groups excluding carboxylic acids is 1. The number of pyridine rings is 1. The first-order valence-electron chi connectivity index (χ1n) is 7.71. The molecule has 0 radical (unpaired) electrons. The molecule has 128 valence electrons. The predicted octanol–water partition coefficient (Wildman–Crippen LogP) is 3.76. The molecule has 1 aromatic carbocycles. The van der Waals surface area contributed by atoms with Gasteiger partial charge in [-0.2, -0.15) is 4.98 Å². The van der Waals surface area contributed by atoms with Gasteiger partial charge in [-0.05, 0) is 38.1 Å². The Labute approximate surface area is 150 Å². The van der Waals surface area contributed by atoms with Gasteiger partial charge >= 0.3 is 0 Å². The Morgan fingerprint density at radius 1 is 1.16 bits per heavy atom. The third-order valence-corrected chi connectivity index (χ3v) is 3.85. The molecule has 7 heteroatoms. The van der Waals surface area contributed by atoms with Crippen molar-refractivity contribution >= 4 is 17.5 Å². The van der Waals surface area contributed by atoms with Crippen molar-refractivity contribution in [2.45, 2.75) is 26.3 Å². The van der Waals surface area contributed by atoms with Gasteiger partial charge in [0.2, 0.25) is 5.89 Å². The molecule has 1 amide bonds. The Bertz CT molecular complexity index is 921. The maximum absolute atomic E-state index is 12.6. The highest BCUT2D eigenvalue weighted by Gasteiger charge is 2.29. The normalized spacial score (nSPS) is 11.4. The number of nitrogens with one attached hydrogen (secondary N) is 1. The molecule has 1 N–H and O–H groups in total. The van der Waals surface area contributed by atoms with Gasteiger partial charge in [0.05, 0.1) is 11.2 Å². The van der Waals surface area contributed by atoms with E-state index in [0.29, 0.717) is 28.1 Å². The van der Waals surface area contributed by atoms with Gasteiger partial charge in [0.15, 0.2) is 5.82 Å². The van der Waals surface area contributed by atoms with Gasteiger partial charge < -0.3 is 9.84 Å². The second kappa shape index (κ2) is 6.64. The molecule has 25 heavy (non-hydrogen) atoms. The molecule has 0 aliphatic rings. The summed E-state index contributed by atoms with van der Waals surface area (Å²) in [5, 5.41) is 7.37. The standard InChI is InChI=1S/C18H17ClN4O2/c1-11-20-17(23-25-11)18(2,3)22-16(24)15-9-5-8-14(21-15)12-6-4-7-13(19)10-12/h4-10H,1-3H3,(H,22,24). The van der Waals surface area contributed by atoms with Crippen LogP contribution in [0.15, 0.2) is 47.0 Å². The van der Waals surface area contributed by atoms with E-state index in [0.717, 1.165) is 5.56 Å². The number of benzene rings is 1. The zero-order valence-electron chi connectivity index (χ0n) is 14.1. The molecule has 0 saturated carbocycles. The lowest BCUT2D eigenvalue weighted by atomic mass is 10.0. The van der Waals surface area contributed by atoms with E-state index in [4.69, 9.17) is 16.1 Å². The predicted molar refractivity (Wildman–Crippen MR) is 94.2 cm³/mol. The van der Waals surface area contributed by atoms with Crippen molar-refractivity contribution in [2.24, 2.45) is 0 Å². The summed E-state index contributed by atoms with van der Waals surface area (Å²) in [6.07, 6.45) is 0. The number of hydrogen-bond donors (Lipinski definition) is 1. The second-order valence-electron chi connectivity index (χ2n) is 6.13. The molecule has 3 rings (SSSR count). The smallest absolute Gasteiger partial charge is 0.270 e. The summed E-state index contributed by atoms with van der Waals surface area (Å²) < 4.78 is 4.99. The molecule has 3 aromatic rings. The Kier molecular flexibility index (Phi) is 4.55. The van der Waals surface area contributed by atoms with Crippen LogP contribution in [-0.4, -0.2) is 21.0 Å². The highest BCUT2D eigenvalue weighted by Crippen LogP contribution is 2.22. The van der Waals surface area contributed by atoms with Crippen LogP contribution in [0.25, 0.3) is 11.3 Å². The fraction of sp³-hybridized carbons (Fsp3) is 0.222. The largest absolute Gasteiger partial charge is 0.340 e. The van der Waals surface area contributed by atoms with Crippen molar-refractivity contribution in [3.63, 3.8) is 0 Å². The topological polar surface area (TPSA) is 80.9 Å². The van der Waals surface area contributed by atoms with E-state index in [9.17, 15) is 4.79 Å². The molecule has 2 heterocycles. The van der Waals surface area contributed by atoms with E-state index in [-0.39, 0.29) is 5.91 Å². The van der Waals surface area contributed by atoms with Crippen LogP contribution >= 0.6 is 11.6 Å². The maximum atomic E-state index is 12.6. The summed E-state index contributed by atoms with van der Waals surface area (Å²) in [5.74, 6) is 0.527. The second-order valence-corrected chi connectivity index (χ2v) is 6.57. The highest BCUT2D eigenvalue weighted by molar-refractivity contribution is 6.30. The van der Waals surface area contributed by atoms with Crippen LogP contribution in [-0.2, 0) is 5.54 Å². The van der Waals surface area contributed by atoms with E-state index in [1.165, 1.54) is 0 Å². The first kappa shape index (κ1) is 17.1. The van der Waals surface area contributed by atoms with Crippen LogP contribution in [0.5, 0.6) is 0 Å². The van der Waals surface area contributed by atoms with E-state index in [1.54, 1.807) is 45.0 Å². The number of carbonyl (C=O) groups is 1. The average Bonchev–Trinajstić information content (AvgIpc) is 3.02. The van der Waals surface area contributed by atoms with E-state index in [2.05, 4.69) is 20.4 Å². The first-order chi connectivity index (χ1) is 11.8. The molecule has 2 aromatic heterocycles. The quantitative estimate of drug-likeness (QED) is 0.769. The number of halogens is 1. The monoisotopic (exact) mass is 356 g/mol. The lowest BCUT2D eigenvalue weighted by molar-refractivity contribution is 0.0902. The van der Waals surface area contributed by atoms with Crippen LogP contribution in [0, 0.1) is 6.92 Å². The van der Waals surface area contributed by atoms with Crippen molar-refractivity contribution < 1.29 is 9.32 Å². The van der Waals surface area contributed by atoms with Crippen LogP contribution in [0.1, 0.15) is 36.1 Å². The van der Waals surface area contributed by atoms with Crippen molar-refractivity contribution in [2.75, 3.05) is 0 Å². The van der Waals surface area contributed by atoms with Crippen molar-refractivity contribution in [3.05, 3.63) is 64.9 Å². The Morgan fingerprint density at radius 2 is 1.92 bits per heavy atom. The van der Waals surface area contributed by atoms with Gasteiger partial charge in [0.25, 0.3) is 5.91 Å². The van der Waals surface area contributed by atoms with Crippen molar-refractivity contribution in [3.8, 4) is 11.3 Å². The molecule has 0 aliphatic carbocycles. The number of nitrogens with zero attached hydrogens (tertiary/aromatic N) is 3. The zero-order chi connectivity index (χ0) is 18.0. The molecule has 6 nitrogen and oxygen atoms in total. The molecule has 0 saturated heterocycles. The Hall–Kier alpha value is -2.73. The number of hydrogen-bond acceptors (Lipinski definition) is 5. The van der Waals surface area contributed by atoms with Crippen LogP contribution in [0.4, 0.5) is 0 Å². The molecule has 0 aliphatic heterocycles. The minimum atomic E-state index is -0.789. The van der Waals surface area contributed by atoms with Crippen LogP contribution in [0.2, 0.25) is 5.02 Å². The minimum absolute atomic E-state index is 0.297. The fourth-order valence-electron chi connectivity index (χ4n) is 2.33.